The van der Waals surface area contributed by atoms with Gasteiger partial charge in [-0.2, -0.15) is 4.98 Å². The average Bonchev–Trinajstić information content (AvgIpc) is 3.46. The van der Waals surface area contributed by atoms with E-state index in [0.29, 0.717) is 5.95 Å². The highest BCUT2D eigenvalue weighted by molar-refractivity contribution is 6.09. The van der Waals surface area contributed by atoms with Crippen molar-refractivity contribution in [2.75, 3.05) is 36.9 Å². The largest absolute Gasteiger partial charge is 0.492 e. The quantitative estimate of drug-likeness (QED) is 0.368. The first-order chi connectivity index (χ1) is 15.3. The predicted octanol–water partition coefficient (Wildman–Crippen LogP) is 4.90. The fourth-order valence-corrected chi connectivity index (χ4v) is 4.43. The highest BCUT2D eigenvalue weighted by Crippen LogP contribution is 2.42. The summed E-state index contributed by atoms with van der Waals surface area (Å²) < 4.78 is 5.89. The minimum atomic E-state index is 0.556. The van der Waals surface area contributed by atoms with E-state index in [0.717, 1.165) is 52.7 Å². The van der Waals surface area contributed by atoms with Crippen LogP contribution in [0, 0.1) is 0 Å². The Morgan fingerprint density at radius 3 is 2.77 bits per heavy atom. The first-order valence-corrected chi connectivity index (χ1v) is 10.8. The normalized spacial score (nSPS) is 15.0. The Kier molecular flexibility index (Phi) is 4.46. The molecule has 31 heavy (non-hydrogen) atoms. The topological polar surface area (TPSA) is 78.1 Å². The number of likely N-dealkylation sites (tertiary alicyclic amines) is 1. The van der Waals surface area contributed by atoms with Gasteiger partial charge in [-0.15, -0.1) is 0 Å². The van der Waals surface area contributed by atoms with Gasteiger partial charge in [-0.3, -0.25) is 4.90 Å². The van der Waals surface area contributed by atoms with E-state index in [4.69, 9.17) is 9.72 Å². The molecular formula is C24H24N6O. The molecule has 1 fully saturated rings. The maximum atomic E-state index is 5.89. The van der Waals surface area contributed by atoms with Crippen LogP contribution < -0.4 is 15.4 Å². The van der Waals surface area contributed by atoms with Gasteiger partial charge in [-0.1, -0.05) is 6.07 Å². The maximum absolute atomic E-state index is 5.89. The number of anilines is 4. The number of hydrogen-bond donors (Lipinski definition) is 3. The number of fused-ring (bicyclic) bond motifs is 2. The number of ether oxygens (including phenoxy) is 1. The molecule has 2 aromatic carbocycles. The van der Waals surface area contributed by atoms with Crippen LogP contribution >= 0.6 is 0 Å². The molecule has 6 rings (SSSR count). The van der Waals surface area contributed by atoms with Gasteiger partial charge in [0, 0.05) is 52.3 Å². The molecule has 4 heterocycles. The van der Waals surface area contributed by atoms with Gasteiger partial charge in [-0.05, 0) is 62.3 Å². The molecule has 156 valence electrons. The van der Waals surface area contributed by atoms with Crippen molar-refractivity contribution in [1.29, 1.82) is 0 Å². The van der Waals surface area contributed by atoms with Gasteiger partial charge in [-0.25, -0.2) is 4.98 Å². The van der Waals surface area contributed by atoms with Gasteiger partial charge in [0.2, 0.25) is 5.95 Å². The number of nitrogens with zero attached hydrogens (tertiary/aromatic N) is 3. The lowest BCUT2D eigenvalue weighted by molar-refractivity contribution is 0.238. The van der Waals surface area contributed by atoms with E-state index in [-0.39, 0.29) is 0 Å². The Balaban J connectivity index is 1.14. The third-order valence-corrected chi connectivity index (χ3v) is 6.02. The van der Waals surface area contributed by atoms with E-state index in [1.807, 2.05) is 42.7 Å². The van der Waals surface area contributed by atoms with Crippen LogP contribution in [0.1, 0.15) is 12.8 Å². The molecule has 2 aliphatic rings. The Labute approximate surface area is 180 Å². The van der Waals surface area contributed by atoms with Crippen molar-refractivity contribution in [2.45, 2.75) is 12.8 Å². The summed E-state index contributed by atoms with van der Waals surface area (Å²) in [6.45, 7) is 4.11. The fraction of sp³-hybridized carbons (Fsp3) is 0.250. The van der Waals surface area contributed by atoms with Crippen molar-refractivity contribution in [1.82, 2.24) is 19.9 Å². The molecule has 0 radical (unpaired) electrons. The summed E-state index contributed by atoms with van der Waals surface area (Å²) in [4.78, 5) is 15.0. The third-order valence-electron chi connectivity index (χ3n) is 6.02. The lowest BCUT2D eigenvalue weighted by Gasteiger charge is -2.18. The molecule has 0 unspecified atom stereocenters. The molecule has 0 aliphatic carbocycles. The molecule has 0 bridgehead atoms. The molecule has 0 atom stereocenters. The highest BCUT2D eigenvalue weighted by Gasteiger charge is 2.21. The van der Waals surface area contributed by atoms with E-state index < -0.39 is 0 Å². The van der Waals surface area contributed by atoms with Crippen molar-refractivity contribution in [3.05, 3.63) is 54.9 Å². The molecule has 0 saturated carbocycles. The fourth-order valence-electron chi connectivity index (χ4n) is 4.43. The third kappa shape index (κ3) is 3.47. The number of H-pyrrole nitrogens is 1. The lowest BCUT2D eigenvalue weighted by atomic mass is 10.0. The second-order valence-electron chi connectivity index (χ2n) is 8.06. The van der Waals surface area contributed by atoms with Crippen LogP contribution in [0.25, 0.3) is 22.0 Å². The van der Waals surface area contributed by atoms with Gasteiger partial charge in [0.15, 0.2) is 0 Å². The van der Waals surface area contributed by atoms with Gasteiger partial charge >= 0.3 is 0 Å². The van der Waals surface area contributed by atoms with Crippen LogP contribution in [0.3, 0.4) is 0 Å². The minimum absolute atomic E-state index is 0.556. The Morgan fingerprint density at radius 2 is 1.90 bits per heavy atom. The molecular weight excluding hydrogens is 388 g/mol. The standard InChI is InChI=1S/C24H24N6O/c1-2-11-30(10-1)12-13-31-17-8-6-16(7-9-17)27-24-26-15-19-18-14-25-20-4-3-5-21(22(18)20)28-23(19)29-24/h3-9,14-15,25H,1-2,10-13H2,(H2,26,27,28,29). The van der Waals surface area contributed by atoms with Crippen molar-refractivity contribution in [3.8, 4) is 16.9 Å². The van der Waals surface area contributed by atoms with E-state index in [9.17, 15) is 0 Å². The molecule has 2 aromatic heterocycles. The zero-order valence-corrected chi connectivity index (χ0v) is 17.2. The lowest BCUT2D eigenvalue weighted by Crippen LogP contribution is -2.25. The second-order valence-corrected chi connectivity index (χ2v) is 8.06. The number of aromatic nitrogens is 3. The van der Waals surface area contributed by atoms with E-state index in [1.54, 1.807) is 0 Å². The summed E-state index contributed by atoms with van der Waals surface area (Å²) in [6.07, 6.45) is 6.50. The van der Waals surface area contributed by atoms with Crippen LogP contribution in [-0.4, -0.2) is 46.1 Å². The monoisotopic (exact) mass is 412 g/mol. The first-order valence-electron chi connectivity index (χ1n) is 10.8. The average molecular weight is 412 g/mol. The summed E-state index contributed by atoms with van der Waals surface area (Å²) in [5, 5.41) is 7.91. The van der Waals surface area contributed by atoms with Crippen LogP contribution in [-0.2, 0) is 0 Å². The smallest absolute Gasteiger partial charge is 0.229 e. The van der Waals surface area contributed by atoms with E-state index in [1.165, 1.54) is 31.3 Å². The van der Waals surface area contributed by atoms with Crippen molar-refractivity contribution < 1.29 is 4.74 Å². The molecule has 0 spiro atoms. The van der Waals surface area contributed by atoms with Gasteiger partial charge < -0.3 is 20.4 Å². The number of nitrogens with one attached hydrogen (secondary N) is 3. The number of aromatic amines is 1. The summed E-state index contributed by atoms with van der Waals surface area (Å²) in [5.41, 5.74) is 5.21. The molecule has 2 aliphatic heterocycles. The van der Waals surface area contributed by atoms with Crippen molar-refractivity contribution >= 4 is 34.0 Å². The SMILES string of the molecule is c1cc2c3c(c[nH]c3c1)-c1cnc(Nc3ccc(OCCN4CCCC4)cc3)nc1N2. The maximum Gasteiger partial charge on any atom is 0.229 e. The van der Waals surface area contributed by atoms with Gasteiger partial charge in [0.25, 0.3) is 0 Å². The summed E-state index contributed by atoms with van der Waals surface area (Å²) in [7, 11) is 0. The number of rotatable bonds is 6. The predicted molar refractivity (Wildman–Crippen MR) is 124 cm³/mol. The van der Waals surface area contributed by atoms with E-state index in [2.05, 4.69) is 37.6 Å². The minimum Gasteiger partial charge on any atom is -0.492 e. The zero-order chi connectivity index (χ0) is 20.6. The Bertz CT molecular complexity index is 1230. The first kappa shape index (κ1) is 18.2. The van der Waals surface area contributed by atoms with E-state index >= 15 is 0 Å². The molecule has 0 amide bonds. The summed E-state index contributed by atoms with van der Waals surface area (Å²) in [6, 6.07) is 14.1. The summed E-state index contributed by atoms with van der Waals surface area (Å²) >= 11 is 0. The van der Waals surface area contributed by atoms with Crippen LogP contribution in [0.5, 0.6) is 5.75 Å². The van der Waals surface area contributed by atoms with Crippen LogP contribution in [0.2, 0.25) is 0 Å². The van der Waals surface area contributed by atoms with Crippen LogP contribution in [0.4, 0.5) is 23.1 Å². The number of hydrogen-bond acceptors (Lipinski definition) is 6. The summed E-state index contributed by atoms with van der Waals surface area (Å²) in [5.74, 6) is 2.24. The Hall–Kier alpha value is -3.58. The van der Waals surface area contributed by atoms with Gasteiger partial charge in [0.05, 0.1) is 0 Å². The molecule has 3 N–H and O–H groups in total. The molecule has 7 heteroatoms. The second kappa shape index (κ2) is 7.59. The van der Waals surface area contributed by atoms with Gasteiger partial charge in [0.1, 0.15) is 18.2 Å². The zero-order valence-electron chi connectivity index (χ0n) is 17.2. The number of benzene rings is 2. The Morgan fingerprint density at radius 1 is 1.03 bits per heavy atom. The molecule has 4 aromatic rings. The van der Waals surface area contributed by atoms with Crippen molar-refractivity contribution in [2.24, 2.45) is 0 Å². The molecule has 7 nitrogen and oxygen atoms in total. The van der Waals surface area contributed by atoms with Crippen molar-refractivity contribution in [3.63, 3.8) is 0 Å². The van der Waals surface area contributed by atoms with Crippen LogP contribution in [0.15, 0.2) is 54.9 Å². The highest BCUT2D eigenvalue weighted by atomic mass is 16.5. The molecule has 1 saturated heterocycles.